The van der Waals surface area contributed by atoms with Gasteiger partial charge in [0.05, 0.1) is 0 Å². The molecule has 1 saturated carbocycles. The van der Waals surface area contributed by atoms with E-state index in [1.54, 1.807) is 11.8 Å². The van der Waals surface area contributed by atoms with Crippen molar-refractivity contribution in [3.8, 4) is 0 Å². The molecule has 2 rings (SSSR count). The molecule has 0 saturated heterocycles. The van der Waals surface area contributed by atoms with E-state index in [-0.39, 0.29) is 11.5 Å². The van der Waals surface area contributed by atoms with Crippen LogP contribution in [0, 0.1) is 12.3 Å². The topological polar surface area (TPSA) is 51.8 Å². The number of nitrogens with zero attached hydrogens (tertiary/aromatic N) is 2. The smallest absolute Gasteiger partial charge is 0.187 e. The first-order chi connectivity index (χ1) is 7.49. The molecule has 1 aromatic rings. The summed E-state index contributed by atoms with van der Waals surface area (Å²) in [5.74, 6) is 0. The standard InChI is InChI=1S/C12H19N3S/c1-8-6-14-11(15-7-8)16-9-4-5-12(2,3)10(9)13/h6-7,9-10H,4-5,13H2,1-3H3. The highest BCUT2D eigenvalue weighted by Crippen LogP contribution is 2.43. The molecule has 0 bridgehead atoms. The van der Waals surface area contributed by atoms with E-state index in [4.69, 9.17) is 5.73 Å². The second kappa shape index (κ2) is 4.34. The molecule has 1 heterocycles. The van der Waals surface area contributed by atoms with Crippen LogP contribution in [0.3, 0.4) is 0 Å². The van der Waals surface area contributed by atoms with Gasteiger partial charge in [0.1, 0.15) is 0 Å². The van der Waals surface area contributed by atoms with Crippen molar-refractivity contribution in [1.29, 1.82) is 0 Å². The van der Waals surface area contributed by atoms with E-state index in [1.807, 2.05) is 19.3 Å². The fourth-order valence-electron chi connectivity index (χ4n) is 2.07. The molecule has 0 aliphatic heterocycles. The number of rotatable bonds is 2. The Morgan fingerprint density at radius 3 is 2.50 bits per heavy atom. The third kappa shape index (κ3) is 2.38. The molecule has 2 atom stereocenters. The highest BCUT2D eigenvalue weighted by molar-refractivity contribution is 7.99. The lowest BCUT2D eigenvalue weighted by molar-refractivity contribution is 0.334. The third-order valence-corrected chi connectivity index (χ3v) is 4.64. The average molecular weight is 237 g/mol. The molecule has 4 heteroatoms. The Morgan fingerprint density at radius 1 is 1.38 bits per heavy atom. The molecule has 0 amide bonds. The summed E-state index contributed by atoms with van der Waals surface area (Å²) < 4.78 is 0. The van der Waals surface area contributed by atoms with Crippen molar-refractivity contribution < 1.29 is 0 Å². The van der Waals surface area contributed by atoms with Gasteiger partial charge in [0.15, 0.2) is 5.16 Å². The van der Waals surface area contributed by atoms with Crippen LogP contribution in [0.4, 0.5) is 0 Å². The molecule has 16 heavy (non-hydrogen) atoms. The van der Waals surface area contributed by atoms with Crippen LogP contribution >= 0.6 is 11.8 Å². The lowest BCUT2D eigenvalue weighted by atomic mass is 9.88. The van der Waals surface area contributed by atoms with Gasteiger partial charge in [0.2, 0.25) is 0 Å². The largest absolute Gasteiger partial charge is 0.326 e. The zero-order valence-corrected chi connectivity index (χ0v) is 10.9. The molecule has 1 fully saturated rings. The Hall–Kier alpha value is -0.610. The van der Waals surface area contributed by atoms with Crippen molar-refractivity contribution in [2.75, 3.05) is 0 Å². The van der Waals surface area contributed by atoms with E-state index in [1.165, 1.54) is 6.42 Å². The van der Waals surface area contributed by atoms with E-state index in [2.05, 4.69) is 23.8 Å². The summed E-state index contributed by atoms with van der Waals surface area (Å²) >= 11 is 1.72. The van der Waals surface area contributed by atoms with Crippen molar-refractivity contribution >= 4 is 11.8 Å². The molecule has 3 nitrogen and oxygen atoms in total. The number of nitrogens with two attached hydrogens (primary N) is 1. The van der Waals surface area contributed by atoms with E-state index < -0.39 is 0 Å². The van der Waals surface area contributed by atoms with Crippen LogP contribution in [-0.4, -0.2) is 21.3 Å². The molecule has 1 aromatic heterocycles. The number of aromatic nitrogens is 2. The minimum absolute atomic E-state index is 0.238. The first kappa shape index (κ1) is 11.9. The Bertz CT molecular complexity index is 361. The zero-order valence-electron chi connectivity index (χ0n) is 10.1. The molecule has 2 N–H and O–H groups in total. The second-order valence-corrected chi connectivity index (χ2v) is 6.46. The van der Waals surface area contributed by atoms with Gasteiger partial charge in [-0.1, -0.05) is 25.6 Å². The maximum Gasteiger partial charge on any atom is 0.187 e. The molecule has 1 aliphatic rings. The van der Waals surface area contributed by atoms with Crippen LogP contribution < -0.4 is 5.73 Å². The highest BCUT2D eigenvalue weighted by Gasteiger charge is 2.40. The van der Waals surface area contributed by atoms with Crippen LogP contribution in [0.15, 0.2) is 17.6 Å². The predicted octanol–water partition coefficient (Wildman–Crippen LogP) is 2.39. The van der Waals surface area contributed by atoms with Crippen molar-refractivity contribution in [1.82, 2.24) is 9.97 Å². The fourth-order valence-corrected chi connectivity index (χ4v) is 3.32. The van der Waals surface area contributed by atoms with Gasteiger partial charge in [-0.3, -0.25) is 0 Å². The maximum atomic E-state index is 6.26. The minimum Gasteiger partial charge on any atom is -0.326 e. The van der Waals surface area contributed by atoms with Gasteiger partial charge in [0, 0.05) is 23.7 Å². The summed E-state index contributed by atoms with van der Waals surface area (Å²) in [6, 6.07) is 0.238. The maximum absolute atomic E-state index is 6.26. The lowest BCUT2D eigenvalue weighted by Gasteiger charge is -2.26. The van der Waals surface area contributed by atoms with Gasteiger partial charge in [-0.25, -0.2) is 9.97 Å². The molecule has 0 radical (unpaired) electrons. The summed E-state index contributed by atoms with van der Waals surface area (Å²) in [7, 11) is 0. The van der Waals surface area contributed by atoms with Gasteiger partial charge in [-0.2, -0.15) is 0 Å². The van der Waals surface area contributed by atoms with E-state index in [0.29, 0.717) is 5.25 Å². The van der Waals surface area contributed by atoms with Crippen LogP contribution in [0.5, 0.6) is 0 Å². The quantitative estimate of drug-likeness (QED) is 0.802. The summed E-state index contributed by atoms with van der Waals surface area (Å²) in [4.78, 5) is 8.64. The Morgan fingerprint density at radius 2 is 2.00 bits per heavy atom. The van der Waals surface area contributed by atoms with Gasteiger partial charge in [-0.15, -0.1) is 0 Å². The van der Waals surface area contributed by atoms with Crippen molar-refractivity contribution in [3.05, 3.63) is 18.0 Å². The van der Waals surface area contributed by atoms with Crippen LogP contribution in [0.25, 0.3) is 0 Å². The van der Waals surface area contributed by atoms with Crippen LogP contribution in [-0.2, 0) is 0 Å². The second-order valence-electron chi connectivity index (χ2n) is 5.25. The monoisotopic (exact) mass is 237 g/mol. The number of hydrogen-bond acceptors (Lipinski definition) is 4. The van der Waals surface area contributed by atoms with Crippen LogP contribution in [0.1, 0.15) is 32.3 Å². The van der Waals surface area contributed by atoms with Crippen molar-refractivity contribution in [3.63, 3.8) is 0 Å². The van der Waals surface area contributed by atoms with Crippen LogP contribution in [0.2, 0.25) is 0 Å². The summed E-state index contributed by atoms with van der Waals surface area (Å²) in [5, 5.41) is 1.31. The summed E-state index contributed by atoms with van der Waals surface area (Å²) in [6.07, 6.45) is 6.08. The average Bonchev–Trinajstić information content (AvgIpc) is 2.49. The fraction of sp³-hybridized carbons (Fsp3) is 0.667. The molecule has 88 valence electrons. The molecule has 2 unspecified atom stereocenters. The van der Waals surface area contributed by atoms with E-state index in [9.17, 15) is 0 Å². The summed E-state index contributed by atoms with van der Waals surface area (Å²) in [5.41, 5.74) is 7.61. The Labute approximate surface area is 101 Å². The molecule has 1 aliphatic carbocycles. The molecular weight excluding hydrogens is 218 g/mol. The van der Waals surface area contributed by atoms with Crippen molar-refractivity contribution in [2.24, 2.45) is 11.1 Å². The molecule has 0 spiro atoms. The number of hydrogen-bond donors (Lipinski definition) is 1. The molecule has 0 aromatic carbocycles. The normalized spacial score (nSPS) is 28.2. The zero-order chi connectivity index (χ0) is 11.8. The molecular formula is C12H19N3S. The minimum atomic E-state index is 0.238. The van der Waals surface area contributed by atoms with Gasteiger partial charge < -0.3 is 5.73 Å². The lowest BCUT2D eigenvalue weighted by Crippen LogP contribution is -2.38. The van der Waals surface area contributed by atoms with Gasteiger partial charge in [0.25, 0.3) is 0 Å². The highest BCUT2D eigenvalue weighted by atomic mass is 32.2. The van der Waals surface area contributed by atoms with E-state index in [0.717, 1.165) is 17.1 Å². The van der Waals surface area contributed by atoms with Gasteiger partial charge >= 0.3 is 0 Å². The Balaban J connectivity index is 2.04. The predicted molar refractivity (Wildman–Crippen MR) is 67.4 cm³/mol. The Kier molecular flexibility index (Phi) is 3.22. The third-order valence-electron chi connectivity index (χ3n) is 3.39. The first-order valence-corrected chi connectivity index (χ1v) is 6.58. The summed E-state index contributed by atoms with van der Waals surface area (Å²) in [6.45, 7) is 6.49. The van der Waals surface area contributed by atoms with Gasteiger partial charge in [-0.05, 0) is 30.7 Å². The van der Waals surface area contributed by atoms with E-state index >= 15 is 0 Å². The van der Waals surface area contributed by atoms with Crippen molar-refractivity contribution in [2.45, 2.75) is 50.1 Å². The SMILES string of the molecule is Cc1cnc(SC2CCC(C)(C)C2N)nc1. The first-order valence-electron chi connectivity index (χ1n) is 5.70. The number of thioether (sulfide) groups is 1. The number of aryl methyl sites for hydroxylation is 1.